The molecule has 0 N–H and O–H groups in total. The van der Waals surface area contributed by atoms with Gasteiger partial charge in [-0.3, -0.25) is 0 Å². The first kappa shape index (κ1) is 41.6. The molecule has 0 amide bonds. The molecule has 8 atom stereocenters. The number of unbranched alkanes of at least 4 members (excludes halogenated alkanes) is 12. The van der Waals surface area contributed by atoms with Crippen molar-refractivity contribution in [3.8, 4) is 0 Å². The number of benzene rings is 2. The summed E-state index contributed by atoms with van der Waals surface area (Å²) in [5.74, 6) is 2.72. The van der Waals surface area contributed by atoms with E-state index in [1.807, 2.05) is 33.4 Å². The molecule has 0 aromatic heterocycles. The maximum absolute atomic E-state index is 7.10. The molecule has 0 saturated carbocycles. The number of aryl methyl sites for hydroxylation is 4. The molecule has 4 heterocycles. The van der Waals surface area contributed by atoms with E-state index in [0.717, 1.165) is 0 Å². The van der Waals surface area contributed by atoms with Crippen LogP contribution < -0.4 is 0 Å². The SMILES string of the molecule is CCCCCCc1cc2c(cc1CCCCCC)[C@H]1O[C@H]2[C@@H]2CC3=C(CC4=C(C3)CC3=C(C4)C[C@H]4[C@@H](C3)[C@H]3O[C@H]4c4cc(CCCCCC)c(CCCCCC)cc43)C[C@@H]21. The van der Waals surface area contributed by atoms with E-state index >= 15 is 0 Å². The smallest absolute Gasteiger partial charge is 0.0872 e. The lowest BCUT2D eigenvalue weighted by molar-refractivity contribution is 0.0544. The Bertz CT molecular complexity index is 1710. The van der Waals surface area contributed by atoms with E-state index in [1.54, 1.807) is 44.5 Å². The molecule has 2 aromatic rings. The molecule has 2 nitrogen and oxygen atoms in total. The van der Waals surface area contributed by atoms with Crippen molar-refractivity contribution >= 4 is 0 Å². The van der Waals surface area contributed by atoms with Crippen LogP contribution in [0.5, 0.6) is 0 Å². The van der Waals surface area contributed by atoms with E-state index < -0.39 is 0 Å². The molecule has 0 radical (unpaired) electrons. The lowest BCUT2D eigenvalue weighted by Gasteiger charge is -2.43. The highest BCUT2D eigenvalue weighted by atomic mass is 16.5. The predicted octanol–water partition coefficient (Wildman–Crippen LogP) is 16.7. The number of ether oxygens (including phenoxy) is 2. The zero-order valence-electron chi connectivity index (χ0n) is 38.5. The topological polar surface area (TPSA) is 18.5 Å². The molecule has 4 bridgehead atoms. The van der Waals surface area contributed by atoms with Crippen LogP contribution >= 0.6 is 0 Å². The van der Waals surface area contributed by atoms with Crippen molar-refractivity contribution in [1.82, 2.24) is 0 Å². The Balaban J connectivity index is 0.818. The highest BCUT2D eigenvalue weighted by Gasteiger charge is 2.56. The van der Waals surface area contributed by atoms with Gasteiger partial charge in [-0.1, -0.05) is 162 Å². The van der Waals surface area contributed by atoms with Gasteiger partial charge in [0.05, 0.1) is 24.4 Å². The number of hydrogen-bond donors (Lipinski definition) is 0. The van der Waals surface area contributed by atoms with Crippen LogP contribution in [0.1, 0.15) is 251 Å². The Morgan fingerprint density at radius 1 is 0.333 bits per heavy atom. The van der Waals surface area contributed by atoms with E-state index in [1.165, 1.54) is 180 Å². The second kappa shape index (κ2) is 18.4. The van der Waals surface area contributed by atoms with Crippen LogP contribution in [0.3, 0.4) is 0 Å². The van der Waals surface area contributed by atoms with Crippen LogP contribution in [-0.4, -0.2) is 0 Å². The second-order valence-corrected chi connectivity index (χ2v) is 21.5. The summed E-state index contributed by atoms with van der Waals surface area (Å²) in [6.45, 7) is 9.35. The van der Waals surface area contributed by atoms with Crippen LogP contribution in [0, 0.1) is 23.7 Å². The quantitative estimate of drug-likeness (QED) is 0.0980. The molecule has 2 fully saturated rings. The summed E-state index contributed by atoms with van der Waals surface area (Å²) in [7, 11) is 0. The fourth-order valence-corrected chi connectivity index (χ4v) is 14.4. The summed E-state index contributed by atoms with van der Waals surface area (Å²) < 4.78 is 14.2. The Morgan fingerprint density at radius 3 is 0.817 bits per heavy atom. The van der Waals surface area contributed by atoms with E-state index in [-0.39, 0.29) is 0 Å². The van der Waals surface area contributed by atoms with Crippen LogP contribution in [0.2, 0.25) is 0 Å². The second-order valence-electron chi connectivity index (χ2n) is 21.5. The number of hydrogen-bond acceptors (Lipinski definition) is 2. The summed E-state index contributed by atoms with van der Waals surface area (Å²) >= 11 is 0. The third kappa shape index (κ3) is 7.81. The largest absolute Gasteiger partial charge is 0.365 e. The molecular formula is C58H80O2. The average molecular weight is 809 g/mol. The minimum absolute atomic E-state index is 0.327. The van der Waals surface area contributed by atoms with Gasteiger partial charge in [-0.25, -0.2) is 0 Å². The molecular weight excluding hydrogens is 729 g/mol. The molecule has 0 spiro atoms. The molecule has 2 saturated heterocycles. The zero-order chi connectivity index (χ0) is 40.7. The predicted molar refractivity (Wildman–Crippen MR) is 249 cm³/mol. The summed E-state index contributed by atoms with van der Waals surface area (Å²) in [6, 6.07) is 10.7. The van der Waals surface area contributed by atoms with Gasteiger partial charge in [0.1, 0.15) is 0 Å². The Kier molecular flexibility index (Phi) is 12.7. The first-order valence-corrected chi connectivity index (χ1v) is 26.3. The van der Waals surface area contributed by atoms with Gasteiger partial charge in [0.15, 0.2) is 0 Å². The number of allylic oxidation sites excluding steroid dienone is 6. The number of fused-ring (bicyclic) bond motifs is 16. The van der Waals surface area contributed by atoms with Crippen LogP contribution in [0.4, 0.5) is 0 Å². The van der Waals surface area contributed by atoms with Crippen molar-refractivity contribution in [2.24, 2.45) is 23.7 Å². The van der Waals surface area contributed by atoms with E-state index in [0.29, 0.717) is 48.1 Å². The van der Waals surface area contributed by atoms with Gasteiger partial charge in [-0.15, -0.1) is 0 Å². The third-order valence-corrected chi connectivity index (χ3v) is 17.6. The summed E-state index contributed by atoms with van der Waals surface area (Å²) in [5, 5.41) is 0. The standard InChI is InChI=1S/C58H80O2/c1-5-9-13-17-21-37-29-47-48(30-38(37)22-18-14-10-6-2)56-52-34-44-26-42-28-46-36-54-53(35-45(46)27-41(42)25-43(44)33-51(52)55(47)59-56)57-49-31-39(23-19-15-11-7-3)40(24-20-16-12-8-4)32-50(49)58(54)60-57/h29-32,51-58H,5-28,33-36H2,1-4H3/t51-,52+,53-,54+,55-,56-,57+,58+. The lowest BCUT2D eigenvalue weighted by Crippen LogP contribution is -2.30. The van der Waals surface area contributed by atoms with Gasteiger partial charge < -0.3 is 9.47 Å². The van der Waals surface area contributed by atoms with Crippen molar-refractivity contribution in [1.29, 1.82) is 0 Å². The van der Waals surface area contributed by atoms with E-state index in [9.17, 15) is 0 Å². The zero-order valence-corrected chi connectivity index (χ0v) is 38.5. The Morgan fingerprint density at radius 2 is 0.583 bits per heavy atom. The van der Waals surface area contributed by atoms with Crippen LogP contribution in [0.15, 0.2) is 57.7 Å². The van der Waals surface area contributed by atoms with Crippen LogP contribution in [0.25, 0.3) is 0 Å². The average Bonchev–Trinajstić information content (AvgIpc) is 4.02. The molecule has 0 unspecified atom stereocenters. The fourth-order valence-electron chi connectivity index (χ4n) is 14.4. The van der Waals surface area contributed by atoms with Crippen molar-refractivity contribution in [2.45, 2.75) is 232 Å². The van der Waals surface area contributed by atoms with E-state index in [4.69, 9.17) is 9.47 Å². The summed E-state index contributed by atoms with van der Waals surface area (Å²) in [4.78, 5) is 0. The molecule has 324 valence electrons. The van der Waals surface area contributed by atoms with Crippen molar-refractivity contribution in [3.05, 3.63) is 102 Å². The van der Waals surface area contributed by atoms with Crippen molar-refractivity contribution in [2.75, 3.05) is 0 Å². The maximum Gasteiger partial charge on any atom is 0.0872 e. The molecule has 2 heteroatoms. The lowest BCUT2D eigenvalue weighted by atomic mass is 9.60. The van der Waals surface area contributed by atoms with Gasteiger partial charge in [0.25, 0.3) is 0 Å². The van der Waals surface area contributed by atoms with Gasteiger partial charge in [0, 0.05) is 0 Å². The number of rotatable bonds is 20. The third-order valence-electron chi connectivity index (χ3n) is 17.6. The van der Waals surface area contributed by atoms with Crippen molar-refractivity contribution < 1.29 is 9.47 Å². The minimum Gasteiger partial charge on any atom is -0.365 e. The van der Waals surface area contributed by atoms with Crippen LogP contribution in [-0.2, 0) is 35.2 Å². The Labute approximate surface area is 365 Å². The maximum atomic E-state index is 7.10. The van der Waals surface area contributed by atoms with Crippen molar-refractivity contribution in [3.63, 3.8) is 0 Å². The Hall–Kier alpha value is -2.42. The first-order chi connectivity index (χ1) is 29.6. The summed E-state index contributed by atoms with van der Waals surface area (Å²) in [5.41, 5.74) is 24.0. The van der Waals surface area contributed by atoms with Gasteiger partial charge >= 0.3 is 0 Å². The molecule has 10 rings (SSSR count). The van der Waals surface area contributed by atoms with Gasteiger partial charge in [0.2, 0.25) is 0 Å². The fraction of sp³-hybridized carbons (Fsp3) is 0.690. The normalized spacial score (nSPS) is 29.1. The molecule has 60 heavy (non-hydrogen) atoms. The molecule has 8 aliphatic rings. The highest BCUT2D eigenvalue weighted by Crippen LogP contribution is 2.66. The first-order valence-electron chi connectivity index (χ1n) is 26.3. The molecule has 4 aliphatic carbocycles. The van der Waals surface area contributed by atoms with Gasteiger partial charge in [-0.05, 0) is 171 Å². The molecule has 2 aromatic carbocycles. The van der Waals surface area contributed by atoms with Gasteiger partial charge in [-0.2, -0.15) is 0 Å². The summed E-state index contributed by atoms with van der Waals surface area (Å²) in [6.07, 6.45) is 38.1. The highest BCUT2D eigenvalue weighted by molar-refractivity contribution is 5.52. The monoisotopic (exact) mass is 809 g/mol. The minimum atomic E-state index is 0.327. The molecule has 4 aliphatic heterocycles. The van der Waals surface area contributed by atoms with E-state index in [2.05, 4.69) is 52.0 Å².